The summed E-state index contributed by atoms with van der Waals surface area (Å²) in [5.41, 5.74) is 1.25. The van der Waals surface area contributed by atoms with Crippen molar-refractivity contribution in [2.24, 2.45) is 0 Å². The van der Waals surface area contributed by atoms with E-state index in [1.54, 1.807) is 0 Å². The van der Waals surface area contributed by atoms with Crippen LogP contribution in [0.15, 0.2) is 6.20 Å². The van der Waals surface area contributed by atoms with Gasteiger partial charge in [-0.05, 0) is 32.6 Å². The molecule has 0 radical (unpaired) electrons. The molecule has 3 rings (SSSR count). The monoisotopic (exact) mass is 305 g/mol. The number of likely N-dealkylation sites (tertiary alicyclic amines) is 1. The van der Waals surface area contributed by atoms with Gasteiger partial charge in [-0.2, -0.15) is 0 Å². The molecule has 1 aromatic rings. The first-order chi connectivity index (χ1) is 10.7. The number of nitrogens with zero attached hydrogens (tertiary/aromatic N) is 3. The summed E-state index contributed by atoms with van der Waals surface area (Å²) in [5, 5.41) is 0. The van der Waals surface area contributed by atoms with Gasteiger partial charge in [0.25, 0.3) is 0 Å². The topological polar surface area (TPSA) is 47.4 Å². The number of hydrogen-bond donors (Lipinski definition) is 0. The van der Waals surface area contributed by atoms with E-state index >= 15 is 0 Å². The molecule has 5 nitrogen and oxygen atoms in total. The molecule has 1 amide bonds. The molecule has 0 spiro atoms. The standard InChI is InChI=1S/C17H27N3O2/c1-3-16(21)19-8-4-15(5-9-19)20-13(2)12-18-17(20)14-6-10-22-11-7-14/h12,14-15H,3-11H2,1-2H3. The molecule has 0 saturated carbocycles. The Morgan fingerprint density at radius 2 is 1.95 bits per heavy atom. The van der Waals surface area contributed by atoms with Crippen molar-refractivity contribution in [1.82, 2.24) is 14.5 Å². The first-order valence-electron chi connectivity index (χ1n) is 8.60. The lowest BCUT2D eigenvalue weighted by atomic mass is 9.97. The molecule has 0 atom stereocenters. The second kappa shape index (κ2) is 6.82. The summed E-state index contributed by atoms with van der Waals surface area (Å²) in [6.07, 6.45) is 6.85. The Morgan fingerprint density at radius 1 is 1.27 bits per heavy atom. The molecule has 0 aromatic carbocycles. The number of ether oxygens (including phenoxy) is 1. The van der Waals surface area contributed by atoms with E-state index in [4.69, 9.17) is 9.72 Å². The molecule has 2 fully saturated rings. The SMILES string of the molecule is CCC(=O)N1CCC(n2c(C)cnc2C2CCOCC2)CC1. The summed E-state index contributed by atoms with van der Waals surface area (Å²) in [6, 6.07) is 0.487. The maximum absolute atomic E-state index is 11.8. The fraction of sp³-hybridized carbons (Fsp3) is 0.765. The van der Waals surface area contributed by atoms with E-state index < -0.39 is 0 Å². The van der Waals surface area contributed by atoms with Gasteiger partial charge >= 0.3 is 0 Å². The van der Waals surface area contributed by atoms with Gasteiger partial charge in [0, 0.05) is 56.6 Å². The molecule has 0 bridgehead atoms. The van der Waals surface area contributed by atoms with Crippen molar-refractivity contribution < 1.29 is 9.53 Å². The highest BCUT2D eigenvalue weighted by atomic mass is 16.5. The maximum Gasteiger partial charge on any atom is 0.222 e. The fourth-order valence-electron chi connectivity index (χ4n) is 3.79. The molecule has 2 aliphatic heterocycles. The highest BCUT2D eigenvalue weighted by Gasteiger charge is 2.28. The predicted molar refractivity (Wildman–Crippen MR) is 84.9 cm³/mol. The number of piperidine rings is 1. The van der Waals surface area contributed by atoms with Crippen LogP contribution < -0.4 is 0 Å². The van der Waals surface area contributed by atoms with E-state index in [2.05, 4.69) is 11.5 Å². The molecule has 1 aromatic heterocycles. The lowest BCUT2D eigenvalue weighted by Crippen LogP contribution is -2.39. The van der Waals surface area contributed by atoms with E-state index in [1.165, 1.54) is 11.5 Å². The summed E-state index contributed by atoms with van der Waals surface area (Å²) < 4.78 is 7.93. The molecule has 3 heterocycles. The van der Waals surface area contributed by atoms with E-state index in [-0.39, 0.29) is 5.91 Å². The Kier molecular flexibility index (Phi) is 4.81. The number of amides is 1. The molecule has 122 valence electrons. The van der Waals surface area contributed by atoms with Gasteiger partial charge in [0.15, 0.2) is 0 Å². The van der Waals surface area contributed by atoms with Crippen LogP contribution in [0.3, 0.4) is 0 Å². The first-order valence-corrected chi connectivity index (χ1v) is 8.60. The van der Waals surface area contributed by atoms with Crippen molar-refractivity contribution in [3.8, 4) is 0 Å². The van der Waals surface area contributed by atoms with Crippen LogP contribution in [0.4, 0.5) is 0 Å². The summed E-state index contributed by atoms with van der Waals surface area (Å²) in [6.45, 7) is 7.54. The Hall–Kier alpha value is -1.36. The van der Waals surface area contributed by atoms with Crippen molar-refractivity contribution >= 4 is 5.91 Å². The molecule has 2 aliphatic rings. The van der Waals surface area contributed by atoms with Crippen molar-refractivity contribution in [3.63, 3.8) is 0 Å². The van der Waals surface area contributed by atoms with Crippen LogP contribution >= 0.6 is 0 Å². The van der Waals surface area contributed by atoms with Crippen molar-refractivity contribution in [1.29, 1.82) is 0 Å². The van der Waals surface area contributed by atoms with Crippen LogP contribution in [0.25, 0.3) is 0 Å². The molecule has 0 unspecified atom stereocenters. The van der Waals surface area contributed by atoms with Crippen LogP contribution in [0.5, 0.6) is 0 Å². The molecular formula is C17H27N3O2. The van der Waals surface area contributed by atoms with E-state index in [1.807, 2.05) is 18.0 Å². The Labute approximate surface area is 132 Å². The van der Waals surface area contributed by atoms with Gasteiger partial charge < -0.3 is 14.2 Å². The van der Waals surface area contributed by atoms with Crippen LogP contribution in [0.1, 0.15) is 62.5 Å². The summed E-state index contributed by atoms with van der Waals surface area (Å²) in [4.78, 5) is 18.6. The van der Waals surface area contributed by atoms with Gasteiger partial charge in [-0.15, -0.1) is 0 Å². The lowest BCUT2D eigenvalue weighted by Gasteiger charge is -2.35. The average molecular weight is 305 g/mol. The van der Waals surface area contributed by atoms with E-state index in [0.717, 1.165) is 52.0 Å². The highest BCUT2D eigenvalue weighted by Crippen LogP contribution is 2.32. The number of aromatic nitrogens is 2. The first kappa shape index (κ1) is 15.5. The quantitative estimate of drug-likeness (QED) is 0.862. The third-order valence-electron chi connectivity index (χ3n) is 5.08. The lowest BCUT2D eigenvalue weighted by molar-refractivity contribution is -0.132. The number of rotatable bonds is 3. The minimum atomic E-state index is 0.283. The zero-order valence-electron chi connectivity index (χ0n) is 13.8. The summed E-state index contributed by atoms with van der Waals surface area (Å²) in [5.74, 6) is 2.05. The van der Waals surface area contributed by atoms with Gasteiger partial charge in [0.2, 0.25) is 5.91 Å². The second-order valence-electron chi connectivity index (χ2n) is 6.48. The van der Waals surface area contributed by atoms with Crippen molar-refractivity contribution in [2.75, 3.05) is 26.3 Å². The number of carbonyl (C=O) groups is 1. The number of imidazole rings is 1. The molecule has 0 N–H and O–H groups in total. The van der Waals surface area contributed by atoms with Gasteiger partial charge in [0.05, 0.1) is 0 Å². The van der Waals surface area contributed by atoms with Crippen molar-refractivity contribution in [2.45, 2.75) is 57.9 Å². The largest absolute Gasteiger partial charge is 0.381 e. The minimum Gasteiger partial charge on any atom is -0.381 e. The van der Waals surface area contributed by atoms with Gasteiger partial charge in [-0.25, -0.2) is 4.98 Å². The van der Waals surface area contributed by atoms with Gasteiger partial charge in [-0.1, -0.05) is 6.92 Å². The minimum absolute atomic E-state index is 0.283. The third kappa shape index (κ3) is 3.05. The van der Waals surface area contributed by atoms with Crippen LogP contribution in [-0.2, 0) is 9.53 Å². The van der Waals surface area contributed by atoms with Crippen LogP contribution in [0.2, 0.25) is 0 Å². The van der Waals surface area contributed by atoms with E-state index in [0.29, 0.717) is 18.4 Å². The maximum atomic E-state index is 11.8. The normalized spacial score (nSPS) is 21.3. The fourth-order valence-corrected chi connectivity index (χ4v) is 3.79. The summed E-state index contributed by atoms with van der Waals surface area (Å²) in [7, 11) is 0. The molecule has 22 heavy (non-hydrogen) atoms. The zero-order valence-corrected chi connectivity index (χ0v) is 13.8. The van der Waals surface area contributed by atoms with Gasteiger partial charge in [0.1, 0.15) is 5.82 Å². The predicted octanol–water partition coefficient (Wildman–Crippen LogP) is 2.66. The molecule has 5 heteroatoms. The Balaban J connectivity index is 1.72. The van der Waals surface area contributed by atoms with E-state index in [9.17, 15) is 4.79 Å². The summed E-state index contributed by atoms with van der Waals surface area (Å²) >= 11 is 0. The molecule has 0 aliphatic carbocycles. The third-order valence-corrected chi connectivity index (χ3v) is 5.08. The Morgan fingerprint density at radius 3 is 2.59 bits per heavy atom. The highest BCUT2D eigenvalue weighted by molar-refractivity contribution is 5.75. The molecule has 2 saturated heterocycles. The number of carbonyl (C=O) groups excluding carboxylic acids is 1. The van der Waals surface area contributed by atoms with Crippen LogP contribution in [-0.4, -0.2) is 46.7 Å². The Bertz CT molecular complexity index is 512. The van der Waals surface area contributed by atoms with Crippen LogP contribution in [0, 0.1) is 6.92 Å². The number of aryl methyl sites for hydroxylation is 1. The zero-order chi connectivity index (χ0) is 15.5. The smallest absolute Gasteiger partial charge is 0.222 e. The van der Waals surface area contributed by atoms with Crippen molar-refractivity contribution in [3.05, 3.63) is 17.7 Å². The van der Waals surface area contributed by atoms with Gasteiger partial charge in [-0.3, -0.25) is 4.79 Å². The second-order valence-corrected chi connectivity index (χ2v) is 6.48. The average Bonchev–Trinajstić information content (AvgIpc) is 2.96. The number of hydrogen-bond acceptors (Lipinski definition) is 3. The molecular weight excluding hydrogens is 278 g/mol.